The highest BCUT2D eigenvalue weighted by molar-refractivity contribution is 7.13. The fraction of sp³-hybridized carbons (Fsp3) is 0.190. The van der Waals surface area contributed by atoms with Crippen LogP contribution in [0, 0.1) is 5.92 Å². The Kier molecular flexibility index (Phi) is 3.73. The number of hydrogen-bond acceptors (Lipinski definition) is 3. The molecule has 0 aliphatic heterocycles. The van der Waals surface area contributed by atoms with Gasteiger partial charge in [0.15, 0.2) is 0 Å². The molecule has 1 N–H and O–H groups in total. The first-order chi connectivity index (χ1) is 11.7. The second-order valence-electron chi connectivity index (χ2n) is 6.15. The third kappa shape index (κ3) is 2.28. The number of benzene rings is 1. The summed E-state index contributed by atoms with van der Waals surface area (Å²) in [6.45, 7) is 6.04. The Balaban J connectivity index is 1.76. The first-order valence-electron chi connectivity index (χ1n) is 8.18. The van der Waals surface area contributed by atoms with Crippen molar-refractivity contribution < 1.29 is 5.11 Å². The number of fused-ring (bicyclic) bond motifs is 2. The third-order valence-corrected chi connectivity index (χ3v) is 5.83. The van der Waals surface area contributed by atoms with Crippen LogP contribution in [0.5, 0.6) is 0 Å². The van der Waals surface area contributed by atoms with Crippen molar-refractivity contribution in [1.82, 2.24) is 4.98 Å². The van der Waals surface area contributed by atoms with E-state index < -0.39 is 0 Å². The molecule has 0 saturated heterocycles. The van der Waals surface area contributed by atoms with E-state index >= 15 is 0 Å². The van der Waals surface area contributed by atoms with Crippen molar-refractivity contribution in [3.8, 4) is 0 Å². The van der Waals surface area contributed by atoms with Crippen molar-refractivity contribution in [3.05, 3.63) is 81.9 Å². The third-order valence-electron chi connectivity index (χ3n) is 4.73. The van der Waals surface area contributed by atoms with Crippen LogP contribution in [-0.4, -0.2) is 10.1 Å². The predicted molar refractivity (Wildman–Crippen MR) is 102 cm³/mol. The van der Waals surface area contributed by atoms with E-state index in [1.807, 2.05) is 31.2 Å². The van der Waals surface area contributed by atoms with Crippen molar-refractivity contribution in [3.63, 3.8) is 0 Å². The second kappa shape index (κ2) is 5.91. The van der Waals surface area contributed by atoms with E-state index in [4.69, 9.17) is 4.98 Å². The fourth-order valence-electron chi connectivity index (χ4n) is 3.53. The van der Waals surface area contributed by atoms with Gasteiger partial charge in [0.1, 0.15) is 10.8 Å². The molecule has 2 aliphatic rings. The summed E-state index contributed by atoms with van der Waals surface area (Å²) in [6, 6.07) is 8.02. The van der Waals surface area contributed by atoms with E-state index in [0.29, 0.717) is 11.7 Å². The highest BCUT2D eigenvalue weighted by Gasteiger charge is 2.29. The number of aliphatic hydroxyl groups is 1. The minimum atomic E-state index is 0.192. The summed E-state index contributed by atoms with van der Waals surface area (Å²) in [4.78, 5) is 6.07. The van der Waals surface area contributed by atoms with Crippen LogP contribution in [0.4, 0.5) is 0 Å². The molecule has 0 amide bonds. The average molecular weight is 333 g/mol. The molecule has 0 bridgehead atoms. The molecule has 1 aromatic heterocycles. The lowest BCUT2D eigenvalue weighted by Crippen LogP contribution is -2.11. The fourth-order valence-corrected chi connectivity index (χ4v) is 4.60. The molecule has 0 saturated carbocycles. The number of thiazole rings is 1. The molecular weight excluding hydrogens is 314 g/mol. The van der Waals surface area contributed by atoms with Gasteiger partial charge in [0.2, 0.25) is 0 Å². The van der Waals surface area contributed by atoms with E-state index in [1.165, 1.54) is 10.4 Å². The van der Waals surface area contributed by atoms with Crippen LogP contribution in [0.15, 0.2) is 55.1 Å². The van der Waals surface area contributed by atoms with Gasteiger partial charge in [-0.25, -0.2) is 4.98 Å². The first kappa shape index (κ1) is 15.2. The van der Waals surface area contributed by atoms with Crippen LogP contribution < -0.4 is 0 Å². The van der Waals surface area contributed by atoms with Gasteiger partial charge in [0.05, 0.1) is 10.6 Å². The van der Waals surface area contributed by atoms with E-state index in [2.05, 4.69) is 36.9 Å². The molecule has 2 atom stereocenters. The molecule has 4 rings (SSSR count). The maximum Gasteiger partial charge on any atom is 0.129 e. The molecular formula is C21H19NOS. The Bertz CT molecular complexity index is 900. The topological polar surface area (TPSA) is 33.1 Å². The zero-order chi connectivity index (χ0) is 16.7. The standard InChI is InChI=1S/C21H19NOS/c1-3-7-13-10-11-18-19(15(13)4-2)22-21(24-18)17-12-14-8-5-6-9-16(14)20(17)23/h3-11,13,15,23H,2,12H2,1H3/b7-3-. The number of aromatic nitrogens is 1. The number of allylic oxidation sites excluding steroid dienone is 5. The van der Waals surface area contributed by atoms with Gasteiger partial charge in [0.25, 0.3) is 0 Å². The SMILES string of the molecule is C=CC1c2nc(C3=C(O)c4ccccc4C3)sc2C=CC1/C=C\C. The lowest BCUT2D eigenvalue weighted by Gasteiger charge is -2.21. The van der Waals surface area contributed by atoms with Crippen LogP contribution in [0.2, 0.25) is 0 Å². The zero-order valence-corrected chi connectivity index (χ0v) is 14.4. The minimum Gasteiger partial charge on any atom is -0.507 e. The summed E-state index contributed by atoms with van der Waals surface area (Å²) in [5, 5.41) is 11.5. The van der Waals surface area contributed by atoms with Gasteiger partial charge in [-0.15, -0.1) is 17.9 Å². The Labute approximate surface area is 146 Å². The van der Waals surface area contributed by atoms with Gasteiger partial charge in [-0.3, -0.25) is 0 Å². The number of rotatable bonds is 3. The zero-order valence-electron chi connectivity index (χ0n) is 13.6. The van der Waals surface area contributed by atoms with Crippen molar-refractivity contribution in [2.45, 2.75) is 19.3 Å². The van der Waals surface area contributed by atoms with Crippen LogP contribution >= 0.6 is 11.3 Å². The monoisotopic (exact) mass is 333 g/mol. The quantitative estimate of drug-likeness (QED) is 0.740. The first-order valence-corrected chi connectivity index (χ1v) is 8.99. The van der Waals surface area contributed by atoms with Gasteiger partial charge in [0, 0.05) is 29.4 Å². The van der Waals surface area contributed by atoms with Crippen molar-refractivity contribution in [1.29, 1.82) is 0 Å². The normalized spacial score (nSPS) is 22.0. The smallest absolute Gasteiger partial charge is 0.129 e. The van der Waals surface area contributed by atoms with E-state index in [0.717, 1.165) is 28.3 Å². The van der Waals surface area contributed by atoms with E-state index in [9.17, 15) is 5.11 Å². The Morgan fingerprint density at radius 1 is 1.33 bits per heavy atom. The van der Waals surface area contributed by atoms with Gasteiger partial charge >= 0.3 is 0 Å². The summed E-state index contributed by atoms with van der Waals surface area (Å²) in [5.74, 6) is 0.872. The molecule has 120 valence electrons. The predicted octanol–water partition coefficient (Wildman–Crippen LogP) is 5.61. The van der Waals surface area contributed by atoms with Crippen molar-refractivity contribution in [2.24, 2.45) is 5.92 Å². The molecule has 0 fully saturated rings. The van der Waals surface area contributed by atoms with Crippen molar-refractivity contribution in [2.75, 3.05) is 0 Å². The van der Waals surface area contributed by atoms with Crippen LogP contribution in [0.25, 0.3) is 17.4 Å². The largest absolute Gasteiger partial charge is 0.507 e. The lowest BCUT2D eigenvalue weighted by molar-refractivity contribution is 0.515. The molecule has 2 aliphatic carbocycles. The Morgan fingerprint density at radius 2 is 2.17 bits per heavy atom. The lowest BCUT2D eigenvalue weighted by atomic mass is 9.85. The van der Waals surface area contributed by atoms with E-state index in [1.54, 1.807) is 11.3 Å². The van der Waals surface area contributed by atoms with Gasteiger partial charge in [-0.1, -0.05) is 48.6 Å². The van der Waals surface area contributed by atoms with Gasteiger partial charge in [-0.2, -0.15) is 0 Å². The van der Waals surface area contributed by atoms with Gasteiger partial charge < -0.3 is 5.11 Å². The van der Waals surface area contributed by atoms with Crippen LogP contribution in [0.3, 0.4) is 0 Å². The molecule has 0 radical (unpaired) electrons. The number of hydrogen-bond donors (Lipinski definition) is 1. The maximum absolute atomic E-state index is 10.6. The molecule has 2 unspecified atom stereocenters. The Hall–Kier alpha value is -2.39. The molecule has 2 nitrogen and oxygen atoms in total. The van der Waals surface area contributed by atoms with Crippen molar-refractivity contribution >= 4 is 28.7 Å². The highest BCUT2D eigenvalue weighted by atomic mass is 32.1. The number of nitrogens with zero attached hydrogens (tertiary/aromatic N) is 1. The summed E-state index contributed by atoms with van der Waals surface area (Å²) >= 11 is 1.66. The molecule has 3 heteroatoms. The highest BCUT2D eigenvalue weighted by Crippen LogP contribution is 2.43. The summed E-state index contributed by atoms with van der Waals surface area (Å²) < 4.78 is 0. The molecule has 2 aromatic rings. The molecule has 24 heavy (non-hydrogen) atoms. The molecule has 0 spiro atoms. The second-order valence-corrected chi connectivity index (χ2v) is 7.18. The summed E-state index contributed by atoms with van der Waals surface area (Å²) in [5.41, 5.74) is 4.12. The molecule has 1 heterocycles. The summed E-state index contributed by atoms with van der Waals surface area (Å²) in [6.07, 6.45) is 11.4. The van der Waals surface area contributed by atoms with Gasteiger partial charge in [-0.05, 0) is 18.6 Å². The van der Waals surface area contributed by atoms with E-state index in [-0.39, 0.29) is 5.92 Å². The number of aliphatic hydroxyl groups excluding tert-OH is 1. The van der Waals surface area contributed by atoms with Crippen LogP contribution in [-0.2, 0) is 6.42 Å². The summed E-state index contributed by atoms with van der Waals surface area (Å²) in [7, 11) is 0. The molecule has 1 aromatic carbocycles. The Morgan fingerprint density at radius 3 is 2.92 bits per heavy atom. The van der Waals surface area contributed by atoms with Crippen LogP contribution in [0.1, 0.15) is 39.5 Å². The average Bonchev–Trinajstić information content (AvgIpc) is 3.17. The minimum absolute atomic E-state index is 0.192. The maximum atomic E-state index is 10.6.